The molecule has 11 nitrogen and oxygen atoms in total. The molecule has 1 fully saturated rings. The molecule has 4 atom stereocenters. The van der Waals surface area contributed by atoms with Gasteiger partial charge in [-0.15, -0.1) is 0 Å². The lowest BCUT2D eigenvalue weighted by Gasteiger charge is -2.25. The maximum atomic E-state index is 13.5. The highest BCUT2D eigenvalue weighted by atomic mass is 35.5. The molecular weight excluding hydrogens is 638 g/mol. The van der Waals surface area contributed by atoms with Crippen LogP contribution in [-0.4, -0.2) is 57.4 Å². The first-order chi connectivity index (χ1) is 23.5. The summed E-state index contributed by atoms with van der Waals surface area (Å²) < 4.78 is 31.4. The molecule has 0 saturated carbocycles. The minimum Gasteiger partial charge on any atom is -0.463 e. The van der Waals surface area contributed by atoms with Crippen molar-refractivity contribution < 1.29 is 37.7 Å². The van der Waals surface area contributed by atoms with Gasteiger partial charge in [-0.2, -0.15) is 0 Å². The van der Waals surface area contributed by atoms with Crippen LogP contribution in [0, 0.1) is 0 Å². The smallest absolute Gasteiger partial charge is 0.338 e. The van der Waals surface area contributed by atoms with Crippen LogP contribution in [-0.2, 0) is 18.9 Å². The number of aromatic nitrogens is 3. The second-order valence-corrected chi connectivity index (χ2v) is 11.2. The van der Waals surface area contributed by atoms with Gasteiger partial charge in [0.05, 0.1) is 33.4 Å². The van der Waals surface area contributed by atoms with Gasteiger partial charge in [0.2, 0.25) is 0 Å². The Morgan fingerprint density at radius 3 is 1.90 bits per heavy atom. The molecule has 1 saturated heterocycles. The Morgan fingerprint density at radius 2 is 1.31 bits per heavy atom. The minimum atomic E-state index is -1.25. The van der Waals surface area contributed by atoms with Crippen LogP contribution in [0.5, 0.6) is 0 Å². The lowest BCUT2D eigenvalue weighted by molar-refractivity contribution is -0.0604. The number of carbonyl (C=O) groups excluding carboxylic acids is 3. The number of fused-ring (bicyclic) bond motifs is 1. The molecule has 3 aromatic carbocycles. The first kappa shape index (κ1) is 30.9. The van der Waals surface area contributed by atoms with Gasteiger partial charge in [-0.1, -0.05) is 66.2 Å². The summed E-state index contributed by atoms with van der Waals surface area (Å²) in [5, 5.41) is 0.730. The molecule has 4 heterocycles. The average molecular weight is 664 g/mol. The first-order valence-electron chi connectivity index (χ1n) is 14.9. The zero-order valence-electron chi connectivity index (χ0n) is 25.0. The second kappa shape index (κ2) is 13.5. The molecular formula is C36H26ClN3O8. The van der Waals surface area contributed by atoms with Crippen LogP contribution in [0.25, 0.3) is 22.5 Å². The molecule has 1 aliphatic rings. The monoisotopic (exact) mass is 663 g/mol. The van der Waals surface area contributed by atoms with E-state index in [1.54, 1.807) is 114 Å². The number of benzene rings is 3. The highest BCUT2D eigenvalue weighted by Gasteiger charge is 2.52. The van der Waals surface area contributed by atoms with Crippen molar-refractivity contribution in [2.75, 3.05) is 6.61 Å². The van der Waals surface area contributed by atoms with Gasteiger partial charge in [-0.25, -0.2) is 24.4 Å². The largest absolute Gasteiger partial charge is 0.463 e. The third kappa shape index (κ3) is 6.16. The van der Waals surface area contributed by atoms with Gasteiger partial charge in [0.15, 0.2) is 24.2 Å². The predicted molar refractivity (Wildman–Crippen MR) is 172 cm³/mol. The van der Waals surface area contributed by atoms with E-state index in [-0.39, 0.29) is 22.8 Å². The molecule has 0 spiro atoms. The van der Waals surface area contributed by atoms with Crippen molar-refractivity contribution in [1.82, 2.24) is 14.5 Å². The minimum absolute atomic E-state index is 0.263. The third-order valence-electron chi connectivity index (χ3n) is 7.77. The average Bonchev–Trinajstić information content (AvgIpc) is 3.87. The fraction of sp³-hybridized carbons (Fsp3) is 0.139. The Labute approximate surface area is 278 Å². The molecule has 0 unspecified atom stereocenters. The molecule has 0 amide bonds. The van der Waals surface area contributed by atoms with Gasteiger partial charge in [-0.3, -0.25) is 0 Å². The van der Waals surface area contributed by atoms with E-state index in [0.29, 0.717) is 28.1 Å². The van der Waals surface area contributed by atoms with Crippen LogP contribution >= 0.6 is 11.6 Å². The van der Waals surface area contributed by atoms with E-state index < -0.39 is 42.4 Å². The second-order valence-electron chi connectivity index (χ2n) is 10.8. The van der Waals surface area contributed by atoms with Crippen molar-refractivity contribution in [3.63, 3.8) is 0 Å². The van der Waals surface area contributed by atoms with Gasteiger partial charge in [0, 0.05) is 6.20 Å². The fourth-order valence-corrected chi connectivity index (χ4v) is 5.79. The van der Waals surface area contributed by atoms with Crippen LogP contribution in [0.2, 0.25) is 5.02 Å². The van der Waals surface area contributed by atoms with E-state index in [1.807, 2.05) is 0 Å². The molecule has 0 bridgehead atoms. The van der Waals surface area contributed by atoms with Gasteiger partial charge in [0.25, 0.3) is 0 Å². The highest BCUT2D eigenvalue weighted by Crippen LogP contribution is 2.40. The van der Waals surface area contributed by atoms with E-state index >= 15 is 0 Å². The van der Waals surface area contributed by atoms with E-state index in [9.17, 15) is 14.4 Å². The number of hydrogen-bond acceptors (Lipinski definition) is 10. The molecule has 48 heavy (non-hydrogen) atoms. The number of ether oxygens (including phenoxy) is 4. The summed E-state index contributed by atoms with van der Waals surface area (Å²) in [5.74, 6) is -1.53. The lowest BCUT2D eigenvalue weighted by Crippen LogP contribution is -2.41. The SMILES string of the molecule is O=C(OC[C@H]1O[C@@H](n2cc(Cl)c3c(-c4ccco4)ncnc32)[C@H](OC(=O)c2ccccc2)[C@@H]1OC(=O)c1ccccc1)c1ccccc1. The van der Waals surface area contributed by atoms with Crippen molar-refractivity contribution >= 4 is 40.5 Å². The van der Waals surface area contributed by atoms with Crippen LogP contribution in [0.3, 0.4) is 0 Å². The molecule has 12 heteroatoms. The van der Waals surface area contributed by atoms with Crippen molar-refractivity contribution in [3.05, 3.63) is 144 Å². The molecule has 0 radical (unpaired) electrons. The molecule has 1 aliphatic heterocycles. The van der Waals surface area contributed by atoms with Gasteiger partial charge < -0.3 is 27.9 Å². The van der Waals surface area contributed by atoms with Crippen molar-refractivity contribution in [2.45, 2.75) is 24.5 Å². The Balaban J connectivity index is 1.30. The standard InChI is InChI=1S/C36H26ClN3O8/c37-25-19-40(32-28(25)29(38-21-39-32)26-17-10-18-44-26)33-31(48-36(43)24-15-8-3-9-16-24)30(47-35(42)23-13-6-2-7-14-23)27(46-33)20-45-34(41)22-11-4-1-5-12-22/h1-19,21,27,30-31,33H,20H2/t27-,30-,31-,33-/m1/s1. The molecule has 6 aromatic rings. The summed E-state index contributed by atoms with van der Waals surface area (Å²) in [5.41, 5.74) is 1.62. The fourth-order valence-electron chi connectivity index (χ4n) is 5.52. The number of nitrogens with zero attached hydrogens (tertiary/aromatic N) is 3. The van der Waals surface area contributed by atoms with Crippen LogP contribution in [0.1, 0.15) is 37.3 Å². The summed E-state index contributed by atoms with van der Waals surface area (Å²) in [7, 11) is 0. The van der Waals surface area contributed by atoms with E-state index in [2.05, 4.69) is 9.97 Å². The van der Waals surface area contributed by atoms with Gasteiger partial charge in [-0.05, 0) is 48.5 Å². The molecule has 240 valence electrons. The lowest BCUT2D eigenvalue weighted by atomic mass is 10.1. The normalized spacial score (nSPS) is 18.8. The molecule has 0 N–H and O–H groups in total. The van der Waals surface area contributed by atoms with Crippen molar-refractivity contribution in [3.8, 4) is 11.5 Å². The number of furan rings is 1. The van der Waals surface area contributed by atoms with Crippen LogP contribution in [0.15, 0.2) is 126 Å². The van der Waals surface area contributed by atoms with Crippen molar-refractivity contribution in [2.24, 2.45) is 0 Å². The number of carbonyl (C=O) groups is 3. The summed E-state index contributed by atoms with van der Waals surface area (Å²) in [6, 6.07) is 28.6. The van der Waals surface area contributed by atoms with E-state index in [1.165, 1.54) is 12.6 Å². The summed E-state index contributed by atoms with van der Waals surface area (Å²) >= 11 is 6.77. The summed E-state index contributed by atoms with van der Waals surface area (Å²) in [6.07, 6.45) is -0.275. The predicted octanol–water partition coefficient (Wildman–Crippen LogP) is 6.55. The Bertz CT molecular complexity index is 2050. The zero-order chi connectivity index (χ0) is 33.0. The Morgan fingerprint density at radius 1 is 0.729 bits per heavy atom. The summed E-state index contributed by atoms with van der Waals surface area (Å²) in [4.78, 5) is 48.8. The number of hydrogen-bond donors (Lipinski definition) is 0. The van der Waals surface area contributed by atoms with E-state index in [0.717, 1.165) is 0 Å². The van der Waals surface area contributed by atoms with Crippen LogP contribution < -0.4 is 0 Å². The number of halogens is 1. The third-order valence-corrected chi connectivity index (χ3v) is 8.06. The number of rotatable bonds is 9. The Kier molecular flexibility index (Phi) is 8.69. The van der Waals surface area contributed by atoms with Gasteiger partial charge in [0.1, 0.15) is 30.4 Å². The molecule has 3 aromatic heterocycles. The van der Waals surface area contributed by atoms with E-state index in [4.69, 9.17) is 35.0 Å². The van der Waals surface area contributed by atoms with Crippen LogP contribution in [0.4, 0.5) is 0 Å². The number of esters is 3. The maximum Gasteiger partial charge on any atom is 0.338 e. The molecule has 7 rings (SSSR count). The zero-order valence-corrected chi connectivity index (χ0v) is 25.8. The van der Waals surface area contributed by atoms with Gasteiger partial charge >= 0.3 is 17.9 Å². The topological polar surface area (TPSA) is 132 Å². The summed E-state index contributed by atoms with van der Waals surface area (Å²) in [6.45, 7) is -0.337. The van der Waals surface area contributed by atoms with Crippen molar-refractivity contribution in [1.29, 1.82) is 0 Å². The highest BCUT2D eigenvalue weighted by molar-refractivity contribution is 6.36. The Hall–Kier alpha value is -5.78. The quantitative estimate of drug-likeness (QED) is 0.124. The first-order valence-corrected chi connectivity index (χ1v) is 15.3. The maximum absolute atomic E-state index is 13.5. The molecule has 0 aliphatic carbocycles.